The van der Waals surface area contributed by atoms with Gasteiger partial charge in [0.05, 0.1) is 11.6 Å². The van der Waals surface area contributed by atoms with Crippen LogP contribution in [0, 0.1) is 11.7 Å². The van der Waals surface area contributed by atoms with E-state index in [1.807, 2.05) is 0 Å². The molecule has 0 aliphatic carbocycles. The van der Waals surface area contributed by atoms with Gasteiger partial charge in [-0.25, -0.2) is 4.39 Å². The number of nitrogens with one attached hydrogen (secondary N) is 1. The molecule has 4 rings (SSSR count). The maximum atomic E-state index is 14.1. The number of rotatable bonds is 5. The van der Waals surface area contributed by atoms with Gasteiger partial charge in [-0.1, -0.05) is 36.4 Å². The molecule has 2 aliphatic rings. The summed E-state index contributed by atoms with van der Waals surface area (Å²) >= 11 is 0. The van der Waals surface area contributed by atoms with Gasteiger partial charge >= 0.3 is 0 Å². The van der Waals surface area contributed by atoms with Crippen molar-refractivity contribution in [2.75, 3.05) is 24.5 Å². The molecule has 5 nitrogen and oxygen atoms in total. The Morgan fingerprint density at radius 1 is 1.13 bits per heavy atom. The van der Waals surface area contributed by atoms with Crippen molar-refractivity contribution in [1.29, 1.82) is 0 Å². The lowest BCUT2D eigenvalue weighted by atomic mass is 9.94. The highest BCUT2D eigenvalue weighted by molar-refractivity contribution is 6.00. The number of hydrogen-bond acceptors (Lipinski definition) is 3. The molecule has 6 heteroatoms. The van der Waals surface area contributed by atoms with Crippen LogP contribution >= 0.6 is 0 Å². The minimum absolute atomic E-state index is 0.109. The Morgan fingerprint density at radius 2 is 1.83 bits per heavy atom. The molecule has 1 saturated heterocycles. The second kappa shape index (κ2) is 8.19. The molecule has 1 fully saturated rings. The number of fused-ring (bicyclic) bond motifs is 1. The molecule has 30 heavy (non-hydrogen) atoms. The van der Waals surface area contributed by atoms with Gasteiger partial charge in [0.15, 0.2) is 0 Å². The third-order valence-corrected chi connectivity index (χ3v) is 6.32. The van der Waals surface area contributed by atoms with E-state index in [0.29, 0.717) is 6.54 Å². The van der Waals surface area contributed by atoms with E-state index in [-0.39, 0.29) is 36.0 Å². The molecule has 0 spiro atoms. The molecule has 1 unspecified atom stereocenters. The van der Waals surface area contributed by atoms with E-state index in [2.05, 4.69) is 48.3 Å². The first kappa shape index (κ1) is 20.5. The van der Waals surface area contributed by atoms with Crippen LogP contribution in [0.15, 0.2) is 48.5 Å². The van der Waals surface area contributed by atoms with Gasteiger partial charge in [-0.3, -0.25) is 14.5 Å². The molecule has 0 aromatic heterocycles. The number of benzene rings is 2. The van der Waals surface area contributed by atoms with E-state index < -0.39 is 11.7 Å². The molecule has 0 bridgehead atoms. The van der Waals surface area contributed by atoms with Crippen molar-refractivity contribution in [3.8, 4) is 0 Å². The van der Waals surface area contributed by atoms with E-state index in [1.165, 1.54) is 22.1 Å². The van der Waals surface area contributed by atoms with Crippen LogP contribution < -0.4 is 10.2 Å². The van der Waals surface area contributed by atoms with Crippen molar-refractivity contribution in [3.63, 3.8) is 0 Å². The highest BCUT2D eigenvalue weighted by atomic mass is 19.1. The number of carbonyl (C=O) groups is 2. The fourth-order valence-corrected chi connectivity index (χ4v) is 4.36. The average Bonchev–Trinajstić information content (AvgIpc) is 3.13. The summed E-state index contributed by atoms with van der Waals surface area (Å²) in [6, 6.07) is 14.7. The zero-order valence-corrected chi connectivity index (χ0v) is 17.5. The Labute approximate surface area is 176 Å². The van der Waals surface area contributed by atoms with Crippen LogP contribution in [-0.2, 0) is 22.6 Å². The second-order valence-corrected chi connectivity index (χ2v) is 8.83. The Morgan fingerprint density at radius 3 is 2.60 bits per heavy atom. The monoisotopic (exact) mass is 409 g/mol. The minimum atomic E-state index is -0.463. The predicted molar refractivity (Wildman–Crippen MR) is 115 cm³/mol. The van der Waals surface area contributed by atoms with Crippen molar-refractivity contribution >= 4 is 17.5 Å². The lowest BCUT2D eigenvalue weighted by Gasteiger charge is -2.41. The average molecular weight is 410 g/mol. The van der Waals surface area contributed by atoms with Gasteiger partial charge in [-0.15, -0.1) is 0 Å². The largest absolute Gasteiger partial charge is 0.354 e. The summed E-state index contributed by atoms with van der Waals surface area (Å²) in [6.07, 6.45) is 1.11. The van der Waals surface area contributed by atoms with Crippen molar-refractivity contribution in [1.82, 2.24) is 10.2 Å². The Bertz CT molecular complexity index is 959. The van der Waals surface area contributed by atoms with Gasteiger partial charge < -0.3 is 10.2 Å². The third-order valence-electron chi connectivity index (χ3n) is 6.32. The quantitative estimate of drug-likeness (QED) is 0.826. The van der Waals surface area contributed by atoms with E-state index in [9.17, 15) is 14.0 Å². The fraction of sp³-hybridized carbons (Fsp3) is 0.417. The van der Waals surface area contributed by atoms with Gasteiger partial charge in [-0.05, 0) is 43.5 Å². The van der Waals surface area contributed by atoms with Crippen LogP contribution in [0.3, 0.4) is 0 Å². The molecule has 0 saturated carbocycles. The summed E-state index contributed by atoms with van der Waals surface area (Å²) in [5, 5.41) is 3.04. The maximum Gasteiger partial charge on any atom is 0.227 e. The zero-order valence-electron chi connectivity index (χ0n) is 17.5. The van der Waals surface area contributed by atoms with E-state index in [4.69, 9.17) is 0 Å². The molecule has 1 atom stereocenters. The lowest BCUT2D eigenvalue weighted by Crippen LogP contribution is -2.53. The Hall–Kier alpha value is -2.73. The van der Waals surface area contributed by atoms with Crippen LogP contribution in [0.4, 0.5) is 10.1 Å². The van der Waals surface area contributed by atoms with E-state index >= 15 is 0 Å². The summed E-state index contributed by atoms with van der Waals surface area (Å²) in [5.74, 6) is -1.27. The molecule has 2 aromatic rings. The van der Waals surface area contributed by atoms with Gasteiger partial charge in [-0.2, -0.15) is 0 Å². The Kier molecular flexibility index (Phi) is 5.60. The number of para-hydroxylation sites is 1. The molecule has 2 aliphatic heterocycles. The summed E-state index contributed by atoms with van der Waals surface area (Å²) in [4.78, 5) is 28.9. The first-order valence-electron chi connectivity index (χ1n) is 10.5. The summed E-state index contributed by atoms with van der Waals surface area (Å²) in [5.41, 5.74) is 2.76. The maximum absolute atomic E-state index is 14.1. The SMILES string of the molecule is CC(C)(CNC(=O)C1CC(=O)N(c2ccccc2F)C1)N1CCc2ccccc2C1. The minimum Gasteiger partial charge on any atom is -0.354 e. The second-order valence-electron chi connectivity index (χ2n) is 8.83. The van der Waals surface area contributed by atoms with E-state index in [0.717, 1.165) is 19.5 Å². The molecule has 1 N–H and O–H groups in total. The normalized spacial score (nSPS) is 19.6. The van der Waals surface area contributed by atoms with Crippen molar-refractivity contribution in [2.45, 2.75) is 38.8 Å². The van der Waals surface area contributed by atoms with Gasteiger partial charge in [0.2, 0.25) is 11.8 Å². The molecule has 2 aromatic carbocycles. The van der Waals surface area contributed by atoms with Crippen molar-refractivity contribution < 1.29 is 14.0 Å². The van der Waals surface area contributed by atoms with Crippen LogP contribution in [0.5, 0.6) is 0 Å². The van der Waals surface area contributed by atoms with Crippen molar-refractivity contribution in [2.24, 2.45) is 5.92 Å². The lowest BCUT2D eigenvalue weighted by molar-refractivity contribution is -0.126. The molecule has 2 heterocycles. The predicted octanol–water partition coefficient (Wildman–Crippen LogP) is 3.13. The molecular formula is C24H28FN3O2. The van der Waals surface area contributed by atoms with Gasteiger partial charge in [0.25, 0.3) is 0 Å². The zero-order chi connectivity index (χ0) is 21.3. The van der Waals surface area contributed by atoms with Crippen molar-refractivity contribution in [3.05, 3.63) is 65.5 Å². The van der Waals surface area contributed by atoms with Crippen LogP contribution in [0.1, 0.15) is 31.4 Å². The van der Waals surface area contributed by atoms with Crippen LogP contribution in [0.25, 0.3) is 0 Å². The number of nitrogens with zero attached hydrogens (tertiary/aromatic N) is 2. The van der Waals surface area contributed by atoms with Crippen LogP contribution in [-0.4, -0.2) is 41.9 Å². The number of amides is 2. The van der Waals surface area contributed by atoms with Gasteiger partial charge in [0, 0.05) is 38.1 Å². The summed E-state index contributed by atoms with van der Waals surface area (Å²) in [7, 11) is 0. The number of anilines is 1. The third kappa shape index (κ3) is 4.10. The highest BCUT2D eigenvalue weighted by Crippen LogP contribution is 2.28. The highest BCUT2D eigenvalue weighted by Gasteiger charge is 2.37. The topological polar surface area (TPSA) is 52.7 Å². The standard InChI is InChI=1S/C24H28FN3O2/c1-24(2,27-12-11-17-7-3-4-8-18(17)14-27)16-26-23(30)19-13-22(29)28(15-19)21-10-6-5-9-20(21)25/h3-10,19H,11-16H2,1-2H3,(H,26,30). The first-order valence-corrected chi connectivity index (χ1v) is 10.5. The van der Waals surface area contributed by atoms with Gasteiger partial charge in [0.1, 0.15) is 5.82 Å². The number of hydrogen-bond donors (Lipinski definition) is 1. The molecule has 0 radical (unpaired) electrons. The first-order chi connectivity index (χ1) is 14.3. The van der Waals surface area contributed by atoms with E-state index in [1.54, 1.807) is 18.2 Å². The van der Waals surface area contributed by atoms with Crippen LogP contribution in [0.2, 0.25) is 0 Å². The number of halogens is 1. The summed E-state index contributed by atoms with van der Waals surface area (Å²) in [6.45, 7) is 6.78. The number of carbonyl (C=O) groups excluding carboxylic acids is 2. The Balaban J connectivity index is 1.35. The summed E-state index contributed by atoms with van der Waals surface area (Å²) < 4.78 is 14.1. The smallest absolute Gasteiger partial charge is 0.227 e. The molecule has 158 valence electrons. The molecule has 2 amide bonds. The molecular weight excluding hydrogens is 381 g/mol. The fourth-order valence-electron chi connectivity index (χ4n) is 4.36.